The number of amides is 2. The first kappa shape index (κ1) is 22.5. The molecule has 2 rings (SSSR count). The molecule has 148 valence electrons. The van der Waals surface area contributed by atoms with E-state index in [0.29, 0.717) is 24.1 Å². The summed E-state index contributed by atoms with van der Waals surface area (Å²) in [7, 11) is 0. The standard InChI is InChI=1S/C16H21NO.C6H12N2O/c1-4-5-15-11(2)8-14(9-12(15)3)13-6-7-16(18)17-10-13;1-4-7-6(9)8-5(2)3/h6-11,15H,4-5H2,1-3H3,(H,17,18);2,4H2,1,3H3,(H2,7,8,9). The van der Waals surface area contributed by atoms with Crippen molar-refractivity contribution in [1.29, 1.82) is 0 Å². The second-order valence-electron chi connectivity index (χ2n) is 6.97. The molecule has 1 aliphatic rings. The Balaban J connectivity index is 0.000000345. The predicted molar refractivity (Wildman–Crippen MR) is 113 cm³/mol. The number of aromatic nitrogens is 1. The van der Waals surface area contributed by atoms with Crippen LogP contribution in [0.5, 0.6) is 0 Å². The predicted octanol–water partition coefficient (Wildman–Crippen LogP) is 4.61. The summed E-state index contributed by atoms with van der Waals surface area (Å²) in [5.74, 6) is 1.23. The van der Waals surface area contributed by atoms with Crippen molar-refractivity contribution in [3.05, 3.63) is 64.2 Å². The number of H-pyrrole nitrogens is 1. The van der Waals surface area contributed by atoms with Crippen LogP contribution in [0.3, 0.4) is 0 Å². The van der Waals surface area contributed by atoms with Gasteiger partial charge in [0.15, 0.2) is 0 Å². The van der Waals surface area contributed by atoms with E-state index < -0.39 is 0 Å². The number of aromatic amines is 1. The summed E-state index contributed by atoms with van der Waals surface area (Å²) in [6.45, 7) is 14.5. The molecule has 0 aliphatic heterocycles. The van der Waals surface area contributed by atoms with E-state index in [1.807, 2.05) is 13.0 Å². The highest BCUT2D eigenvalue weighted by Crippen LogP contribution is 2.35. The van der Waals surface area contributed by atoms with Gasteiger partial charge >= 0.3 is 6.03 Å². The van der Waals surface area contributed by atoms with Gasteiger partial charge in [-0.2, -0.15) is 0 Å². The van der Waals surface area contributed by atoms with Crippen molar-refractivity contribution in [2.24, 2.45) is 11.8 Å². The van der Waals surface area contributed by atoms with Crippen LogP contribution in [0.2, 0.25) is 0 Å². The number of urea groups is 1. The normalized spacial score (nSPS) is 18.4. The van der Waals surface area contributed by atoms with Gasteiger partial charge in [-0.05, 0) is 56.2 Å². The van der Waals surface area contributed by atoms with Crippen LogP contribution in [0.15, 0.2) is 53.1 Å². The van der Waals surface area contributed by atoms with E-state index in [1.165, 1.54) is 24.0 Å². The molecule has 1 aliphatic carbocycles. The molecular weight excluding hydrogens is 338 g/mol. The maximum atomic E-state index is 11.1. The van der Waals surface area contributed by atoms with Crippen molar-refractivity contribution in [3.8, 4) is 0 Å². The molecule has 2 atom stereocenters. The molecule has 27 heavy (non-hydrogen) atoms. The van der Waals surface area contributed by atoms with E-state index >= 15 is 0 Å². The summed E-state index contributed by atoms with van der Waals surface area (Å²) in [6, 6.07) is 3.29. The van der Waals surface area contributed by atoms with Crippen molar-refractivity contribution in [1.82, 2.24) is 15.6 Å². The van der Waals surface area contributed by atoms with Gasteiger partial charge in [-0.25, -0.2) is 4.79 Å². The molecule has 5 nitrogen and oxygen atoms in total. The fourth-order valence-electron chi connectivity index (χ4n) is 3.18. The summed E-state index contributed by atoms with van der Waals surface area (Å²) in [4.78, 5) is 24.4. The molecule has 0 saturated heterocycles. The second kappa shape index (κ2) is 11.2. The number of carbonyl (C=O) groups is 1. The Morgan fingerprint density at radius 3 is 2.48 bits per heavy atom. The lowest BCUT2D eigenvalue weighted by molar-refractivity contribution is 0.244. The number of allylic oxidation sites excluding steroid dienone is 5. The van der Waals surface area contributed by atoms with Gasteiger partial charge in [0.2, 0.25) is 5.56 Å². The number of nitrogens with one attached hydrogen (secondary N) is 3. The molecule has 3 N–H and O–H groups in total. The Kier molecular flexibility index (Phi) is 9.34. The largest absolute Gasteiger partial charge is 0.338 e. The fraction of sp³-hybridized carbons (Fsp3) is 0.455. The molecular formula is C22H33N3O2. The Bertz CT molecular complexity index is 739. The van der Waals surface area contributed by atoms with E-state index in [2.05, 4.69) is 55.1 Å². The Hall–Kier alpha value is -2.56. The monoisotopic (exact) mass is 371 g/mol. The number of pyridine rings is 1. The lowest BCUT2D eigenvalue weighted by atomic mass is 9.78. The molecule has 1 heterocycles. The molecule has 0 radical (unpaired) electrons. The van der Waals surface area contributed by atoms with Gasteiger partial charge in [0.05, 0.1) is 0 Å². The Labute approximate surface area is 162 Å². The van der Waals surface area contributed by atoms with Crippen molar-refractivity contribution >= 4 is 11.6 Å². The van der Waals surface area contributed by atoms with Crippen LogP contribution in [0.25, 0.3) is 5.57 Å². The first-order valence-electron chi connectivity index (χ1n) is 9.57. The molecule has 0 fully saturated rings. The topological polar surface area (TPSA) is 74.0 Å². The van der Waals surface area contributed by atoms with Gasteiger partial charge in [0.25, 0.3) is 0 Å². The summed E-state index contributed by atoms with van der Waals surface area (Å²) < 4.78 is 0. The Morgan fingerprint density at radius 1 is 1.30 bits per heavy atom. The maximum absolute atomic E-state index is 11.1. The SMILES string of the molecule is C=C(C)NC(=O)NCC.CCCC1C(C)=CC(c2ccc(=O)[nH]c2)=CC1C. The minimum atomic E-state index is -0.190. The molecule has 1 aromatic rings. The smallest absolute Gasteiger partial charge is 0.318 e. The molecule has 5 heteroatoms. The third-order valence-electron chi connectivity index (χ3n) is 4.43. The fourth-order valence-corrected chi connectivity index (χ4v) is 3.18. The van der Waals surface area contributed by atoms with Crippen LogP contribution in [0, 0.1) is 11.8 Å². The third-order valence-corrected chi connectivity index (χ3v) is 4.43. The quantitative estimate of drug-likeness (QED) is 0.707. The van der Waals surface area contributed by atoms with Gasteiger partial charge in [0.1, 0.15) is 0 Å². The molecule has 0 aromatic carbocycles. The summed E-state index contributed by atoms with van der Waals surface area (Å²) in [5.41, 5.74) is 4.38. The first-order valence-corrected chi connectivity index (χ1v) is 9.57. The molecule has 2 unspecified atom stereocenters. The molecule has 0 saturated carbocycles. The van der Waals surface area contributed by atoms with Gasteiger partial charge in [-0.1, -0.05) is 44.6 Å². The molecule has 0 spiro atoms. The van der Waals surface area contributed by atoms with E-state index in [1.54, 1.807) is 19.2 Å². The van der Waals surface area contributed by atoms with Gasteiger partial charge in [0, 0.05) is 24.5 Å². The minimum Gasteiger partial charge on any atom is -0.338 e. The van der Waals surface area contributed by atoms with E-state index in [-0.39, 0.29) is 11.6 Å². The van der Waals surface area contributed by atoms with Crippen LogP contribution in [0.4, 0.5) is 4.79 Å². The van der Waals surface area contributed by atoms with Gasteiger partial charge < -0.3 is 15.6 Å². The van der Waals surface area contributed by atoms with Crippen LogP contribution in [0.1, 0.15) is 53.0 Å². The summed E-state index contributed by atoms with van der Waals surface area (Å²) >= 11 is 0. The zero-order valence-electron chi connectivity index (χ0n) is 17.2. The minimum absolute atomic E-state index is 0.0484. The first-order chi connectivity index (χ1) is 12.8. The van der Waals surface area contributed by atoms with E-state index in [9.17, 15) is 9.59 Å². The van der Waals surface area contributed by atoms with Crippen LogP contribution in [-0.2, 0) is 0 Å². The van der Waals surface area contributed by atoms with E-state index in [0.717, 1.165) is 5.56 Å². The maximum Gasteiger partial charge on any atom is 0.318 e. The Morgan fingerprint density at radius 2 is 2.00 bits per heavy atom. The van der Waals surface area contributed by atoms with Crippen molar-refractivity contribution < 1.29 is 4.79 Å². The van der Waals surface area contributed by atoms with Crippen LogP contribution in [-0.4, -0.2) is 17.6 Å². The van der Waals surface area contributed by atoms with Crippen LogP contribution < -0.4 is 16.2 Å². The highest BCUT2D eigenvalue weighted by Gasteiger charge is 2.21. The van der Waals surface area contributed by atoms with Crippen molar-refractivity contribution in [3.63, 3.8) is 0 Å². The van der Waals surface area contributed by atoms with Crippen LogP contribution >= 0.6 is 0 Å². The highest BCUT2D eigenvalue weighted by molar-refractivity contribution is 5.76. The summed E-state index contributed by atoms with van der Waals surface area (Å²) in [6.07, 6.45) is 8.85. The highest BCUT2D eigenvalue weighted by atomic mass is 16.2. The average molecular weight is 372 g/mol. The van der Waals surface area contributed by atoms with Crippen molar-refractivity contribution in [2.45, 2.75) is 47.5 Å². The second-order valence-corrected chi connectivity index (χ2v) is 6.97. The third kappa shape index (κ3) is 7.69. The van der Waals surface area contributed by atoms with Crippen molar-refractivity contribution in [2.75, 3.05) is 6.54 Å². The van der Waals surface area contributed by atoms with E-state index in [4.69, 9.17) is 0 Å². The average Bonchev–Trinajstić information content (AvgIpc) is 2.59. The van der Waals surface area contributed by atoms with Gasteiger partial charge in [-0.3, -0.25) is 4.79 Å². The molecule has 1 aromatic heterocycles. The number of hydrogen-bond acceptors (Lipinski definition) is 2. The zero-order valence-corrected chi connectivity index (χ0v) is 17.2. The number of hydrogen-bond donors (Lipinski definition) is 3. The number of rotatable bonds is 5. The molecule has 2 amide bonds. The summed E-state index contributed by atoms with van der Waals surface area (Å²) in [5, 5.41) is 5.07. The lowest BCUT2D eigenvalue weighted by Gasteiger charge is -2.27. The lowest BCUT2D eigenvalue weighted by Crippen LogP contribution is -2.33. The van der Waals surface area contributed by atoms with Gasteiger partial charge in [-0.15, -0.1) is 0 Å². The number of carbonyl (C=O) groups excluding carboxylic acids is 1. The zero-order chi connectivity index (χ0) is 20.4. The molecule has 0 bridgehead atoms.